The Kier molecular flexibility index (Phi) is 4.26. The van der Waals surface area contributed by atoms with Crippen LogP contribution in [0.2, 0.25) is 0 Å². The van der Waals surface area contributed by atoms with Crippen LogP contribution >= 0.6 is 0 Å². The van der Waals surface area contributed by atoms with Crippen LogP contribution < -0.4 is 0 Å². The largest absolute Gasteiger partial charge is 0.508 e. The third-order valence-electron chi connectivity index (χ3n) is 5.49. The molecular weight excluding hydrogens is 344 g/mol. The average molecular weight is 373 g/mol. The summed E-state index contributed by atoms with van der Waals surface area (Å²) in [6.07, 6.45) is 0. The van der Waals surface area contributed by atoms with Crippen molar-refractivity contribution in [3.05, 3.63) is 71.8 Å². The molecule has 0 aliphatic carbocycles. The molecular formula is C26H28O2. The molecule has 1 heterocycles. The fraction of sp³-hybridized carbons (Fsp3) is 0.308. The molecule has 3 aromatic carbocycles. The number of benzene rings is 3. The second-order valence-corrected chi connectivity index (χ2v) is 9.46. The first kappa shape index (κ1) is 18.6. The molecule has 1 aliphatic heterocycles. The predicted octanol–water partition coefficient (Wildman–Crippen LogP) is 7.03. The Labute approximate surface area is 167 Å². The summed E-state index contributed by atoms with van der Waals surface area (Å²) in [6, 6.07) is 20.5. The lowest BCUT2D eigenvalue weighted by Gasteiger charge is -2.31. The summed E-state index contributed by atoms with van der Waals surface area (Å²) in [5.74, 6) is 1.17. The maximum absolute atomic E-state index is 10.5. The number of phenols is 1. The van der Waals surface area contributed by atoms with Crippen molar-refractivity contribution in [1.29, 1.82) is 0 Å². The quantitative estimate of drug-likeness (QED) is 0.523. The van der Waals surface area contributed by atoms with Gasteiger partial charge in [-0.15, -0.1) is 0 Å². The molecule has 0 atom stereocenters. The summed E-state index contributed by atoms with van der Waals surface area (Å²) in [4.78, 5) is 0. The van der Waals surface area contributed by atoms with Crippen LogP contribution in [0.25, 0.3) is 27.7 Å². The van der Waals surface area contributed by atoms with Gasteiger partial charge in [0.1, 0.15) is 11.5 Å². The summed E-state index contributed by atoms with van der Waals surface area (Å²) in [5, 5.41) is 12.9. The van der Waals surface area contributed by atoms with Crippen molar-refractivity contribution in [2.24, 2.45) is 10.8 Å². The molecule has 0 spiro atoms. The second-order valence-electron chi connectivity index (χ2n) is 9.46. The van der Waals surface area contributed by atoms with E-state index >= 15 is 0 Å². The number of aromatic hydroxyl groups is 1. The average Bonchev–Trinajstić information content (AvgIpc) is 2.96. The lowest BCUT2D eigenvalue weighted by atomic mass is 9.71. The van der Waals surface area contributed by atoms with Crippen LogP contribution in [-0.4, -0.2) is 11.7 Å². The zero-order valence-corrected chi connectivity index (χ0v) is 17.3. The van der Waals surface area contributed by atoms with Gasteiger partial charge in [0.05, 0.1) is 6.61 Å². The van der Waals surface area contributed by atoms with Crippen LogP contribution in [0.4, 0.5) is 0 Å². The molecule has 2 nitrogen and oxygen atoms in total. The Balaban J connectivity index is 1.87. The molecule has 28 heavy (non-hydrogen) atoms. The van der Waals surface area contributed by atoms with E-state index in [2.05, 4.69) is 77.1 Å². The first-order valence-corrected chi connectivity index (χ1v) is 9.87. The standard InChI is InChI=1S/C26H28O2/c1-25(2,3)24-23(28-16-26(24,4)5)21-13-20(14-22(27)15-21)19-11-10-17-8-6-7-9-18(17)12-19/h6-15,27H,16H2,1-5H3. The van der Waals surface area contributed by atoms with E-state index in [-0.39, 0.29) is 16.6 Å². The van der Waals surface area contributed by atoms with Gasteiger partial charge in [-0.1, -0.05) is 71.0 Å². The van der Waals surface area contributed by atoms with E-state index in [1.807, 2.05) is 18.2 Å². The first-order chi connectivity index (χ1) is 13.1. The highest BCUT2D eigenvalue weighted by Crippen LogP contribution is 2.50. The van der Waals surface area contributed by atoms with Gasteiger partial charge in [0, 0.05) is 11.0 Å². The first-order valence-electron chi connectivity index (χ1n) is 9.87. The molecule has 0 saturated heterocycles. The minimum Gasteiger partial charge on any atom is -0.508 e. The van der Waals surface area contributed by atoms with Gasteiger partial charge < -0.3 is 9.84 Å². The Morgan fingerprint density at radius 2 is 1.50 bits per heavy atom. The van der Waals surface area contributed by atoms with E-state index in [9.17, 15) is 5.11 Å². The number of rotatable bonds is 2. The molecule has 1 N–H and O–H groups in total. The van der Waals surface area contributed by atoms with E-state index < -0.39 is 0 Å². The van der Waals surface area contributed by atoms with Crippen LogP contribution in [0.3, 0.4) is 0 Å². The van der Waals surface area contributed by atoms with E-state index in [1.54, 1.807) is 0 Å². The molecule has 0 amide bonds. The molecule has 2 heteroatoms. The number of hydrogen-bond donors (Lipinski definition) is 1. The van der Waals surface area contributed by atoms with Gasteiger partial charge in [-0.2, -0.15) is 0 Å². The van der Waals surface area contributed by atoms with Gasteiger partial charge >= 0.3 is 0 Å². The normalized spacial score (nSPS) is 16.5. The Hall–Kier alpha value is -2.74. The van der Waals surface area contributed by atoms with Crippen LogP contribution in [0.15, 0.2) is 66.2 Å². The maximum Gasteiger partial charge on any atom is 0.127 e. The zero-order chi connectivity index (χ0) is 20.1. The van der Waals surface area contributed by atoms with Crippen LogP contribution in [-0.2, 0) is 4.74 Å². The third kappa shape index (κ3) is 3.28. The van der Waals surface area contributed by atoms with Gasteiger partial charge in [0.15, 0.2) is 0 Å². The van der Waals surface area contributed by atoms with Gasteiger partial charge in [-0.05, 0) is 57.2 Å². The molecule has 0 aromatic heterocycles. The molecule has 0 saturated carbocycles. The maximum atomic E-state index is 10.5. The summed E-state index contributed by atoms with van der Waals surface area (Å²) in [5.41, 5.74) is 4.29. The molecule has 3 aromatic rings. The number of fused-ring (bicyclic) bond motifs is 1. The SMILES string of the molecule is CC(C)(C)C1=C(c2cc(O)cc(-c3ccc4ccccc4c3)c2)OCC1(C)C. The van der Waals surface area contributed by atoms with E-state index in [1.165, 1.54) is 16.3 Å². The minimum absolute atomic E-state index is 0.0100. The Morgan fingerprint density at radius 3 is 2.21 bits per heavy atom. The van der Waals surface area contributed by atoms with Gasteiger partial charge in [-0.3, -0.25) is 0 Å². The summed E-state index contributed by atoms with van der Waals surface area (Å²) < 4.78 is 6.18. The van der Waals surface area contributed by atoms with Gasteiger partial charge in [0.25, 0.3) is 0 Å². The van der Waals surface area contributed by atoms with Gasteiger partial charge in [0.2, 0.25) is 0 Å². The summed E-state index contributed by atoms with van der Waals surface area (Å²) >= 11 is 0. The highest BCUT2D eigenvalue weighted by Gasteiger charge is 2.41. The highest BCUT2D eigenvalue weighted by atomic mass is 16.5. The van der Waals surface area contributed by atoms with Crippen molar-refractivity contribution in [3.63, 3.8) is 0 Å². The fourth-order valence-corrected chi connectivity index (χ4v) is 4.57. The molecule has 1 aliphatic rings. The Morgan fingerprint density at radius 1 is 0.821 bits per heavy atom. The molecule has 0 fully saturated rings. The van der Waals surface area contributed by atoms with Crippen LogP contribution in [0.1, 0.15) is 40.2 Å². The lowest BCUT2D eigenvalue weighted by molar-refractivity contribution is 0.213. The molecule has 144 valence electrons. The topological polar surface area (TPSA) is 29.5 Å². The highest BCUT2D eigenvalue weighted by molar-refractivity contribution is 5.88. The number of ether oxygens (including phenoxy) is 1. The zero-order valence-electron chi connectivity index (χ0n) is 17.3. The van der Waals surface area contributed by atoms with Crippen molar-refractivity contribution in [2.75, 3.05) is 6.61 Å². The van der Waals surface area contributed by atoms with Crippen LogP contribution in [0.5, 0.6) is 5.75 Å². The lowest BCUT2D eigenvalue weighted by Crippen LogP contribution is -2.24. The fourth-order valence-electron chi connectivity index (χ4n) is 4.57. The molecule has 4 rings (SSSR count). The molecule has 0 bridgehead atoms. The monoisotopic (exact) mass is 372 g/mol. The van der Waals surface area contributed by atoms with Crippen molar-refractivity contribution >= 4 is 16.5 Å². The van der Waals surface area contributed by atoms with Crippen molar-refractivity contribution < 1.29 is 9.84 Å². The van der Waals surface area contributed by atoms with Crippen LogP contribution in [0, 0.1) is 10.8 Å². The Bertz CT molecular complexity index is 1080. The van der Waals surface area contributed by atoms with Gasteiger partial charge in [-0.25, -0.2) is 0 Å². The third-order valence-corrected chi connectivity index (χ3v) is 5.49. The van der Waals surface area contributed by atoms with E-state index in [0.717, 1.165) is 22.4 Å². The van der Waals surface area contributed by atoms with Crippen molar-refractivity contribution in [3.8, 4) is 16.9 Å². The summed E-state index contributed by atoms with van der Waals surface area (Å²) in [7, 11) is 0. The summed E-state index contributed by atoms with van der Waals surface area (Å²) in [6.45, 7) is 11.8. The van der Waals surface area contributed by atoms with E-state index in [0.29, 0.717) is 6.61 Å². The predicted molar refractivity (Wildman–Crippen MR) is 117 cm³/mol. The minimum atomic E-state index is -0.0256. The number of hydrogen-bond acceptors (Lipinski definition) is 2. The smallest absolute Gasteiger partial charge is 0.127 e. The second kappa shape index (κ2) is 6.41. The van der Waals surface area contributed by atoms with E-state index in [4.69, 9.17) is 4.74 Å². The number of phenolic OH excluding ortho intramolecular Hbond substituents is 1. The molecule has 0 unspecified atom stereocenters. The molecule has 0 radical (unpaired) electrons. The van der Waals surface area contributed by atoms with Crippen molar-refractivity contribution in [1.82, 2.24) is 0 Å². The van der Waals surface area contributed by atoms with Crippen molar-refractivity contribution in [2.45, 2.75) is 34.6 Å².